The fraction of sp³-hybridized carbons (Fsp3) is 0.462. The summed E-state index contributed by atoms with van der Waals surface area (Å²) in [5.41, 5.74) is 1.01. The van der Waals surface area contributed by atoms with Crippen LogP contribution in [0, 0.1) is 0 Å². The molecule has 0 amide bonds. The predicted molar refractivity (Wildman–Crippen MR) is 67.0 cm³/mol. The van der Waals surface area contributed by atoms with Crippen molar-refractivity contribution in [1.29, 1.82) is 0 Å². The van der Waals surface area contributed by atoms with Gasteiger partial charge in [0.25, 0.3) is 0 Å². The third-order valence-corrected chi connectivity index (χ3v) is 2.39. The van der Waals surface area contributed by atoms with Gasteiger partial charge in [-0.2, -0.15) is 0 Å². The van der Waals surface area contributed by atoms with Crippen LogP contribution < -0.4 is 4.90 Å². The van der Waals surface area contributed by atoms with Gasteiger partial charge in [-0.1, -0.05) is 18.2 Å². The molecule has 4 heteroatoms. The number of carbonyl (C=O) groups excluding carboxylic acids is 1. The molecule has 0 bridgehead atoms. The van der Waals surface area contributed by atoms with E-state index >= 15 is 0 Å². The maximum Gasteiger partial charge on any atom is 0.308 e. The molecule has 0 radical (unpaired) electrons. The second-order valence-corrected chi connectivity index (χ2v) is 3.88. The molecule has 1 atom stereocenters. The van der Waals surface area contributed by atoms with Crippen molar-refractivity contribution in [1.82, 2.24) is 0 Å². The lowest BCUT2D eigenvalue weighted by Crippen LogP contribution is -2.31. The minimum absolute atomic E-state index is 0.0328. The molecule has 0 spiro atoms. The van der Waals surface area contributed by atoms with Crippen LogP contribution in [0.5, 0.6) is 0 Å². The Morgan fingerprint density at radius 1 is 1.41 bits per heavy atom. The molecule has 4 nitrogen and oxygen atoms in total. The van der Waals surface area contributed by atoms with Crippen LogP contribution in [0.3, 0.4) is 0 Å². The van der Waals surface area contributed by atoms with Gasteiger partial charge < -0.3 is 14.7 Å². The SMILES string of the molecule is CCOC(=O)CC(O)CN(C)c1ccccc1. The van der Waals surface area contributed by atoms with Gasteiger partial charge in [0.05, 0.1) is 19.1 Å². The summed E-state index contributed by atoms with van der Waals surface area (Å²) in [5.74, 6) is -0.360. The number of rotatable bonds is 6. The lowest BCUT2D eigenvalue weighted by atomic mass is 10.2. The second-order valence-electron chi connectivity index (χ2n) is 3.88. The van der Waals surface area contributed by atoms with E-state index in [-0.39, 0.29) is 12.4 Å². The zero-order valence-corrected chi connectivity index (χ0v) is 10.3. The highest BCUT2D eigenvalue weighted by atomic mass is 16.5. The van der Waals surface area contributed by atoms with E-state index in [0.29, 0.717) is 13.2 Å². The summed E-state index contributed by atoms with van der Waals surface area (Å²) in [6, 6.07) is 9.72. The number of likely N-dealkylation sites (N-methyl/N-ethyl adjacent to an activating group) is 1. The molecule has 0 aliphatic rings. The average Bonchev–Trinajstić information content (AvgIpc) is 2.30. The Morgan fingerprint density at radius 3 is 2.65 bits per heavy atom. The summed E-state index contributed by atoms with van der Waals surface area (Å²) in [4.78, 5) is 13.1. The maximum absolute atomic E-state index is 11.2. The van der Waals surface area contributed by atoms with E-state index < -0.39 is 6.10 Å². The lowest BCUT2D eigenvalue weighted by Gasteiger charge is -2.22. The van der Waals surface area contributed by atoms with Crippen molar-refractivity contribution in [2.24, 2.45) is 0 Å². The minimum atomic E-state index is -0.709. The van der Waals surface area contributed by atoms with Gasteiger partial charge in [-0.25, -0.2) is 0 Å². The van der Waals surface area contributed by atoms with Crippen LogP contribution in [0.1, 0.15) is 13.3 Å². The number of benzene rings is 1. The van der Waals surface area contributed by atoms with Crippen molar-refractivity contribution in [2.75, 3.05) is 25.1 Å². The van der Waals surface area contributed by atoms with Crippen LogP contribution in [0.25, 0.3) is 0 Å². The number of anilines is 1. The Balaban J connectivity index is 2.41. The Bertz CT molecular complexity index is 340. The second kappa shape index (κ2) is 6.91. The number of esters is 1. The largest absolute Gasteiger partial charge is 0.466 e. The van der Waals surface area contributed by atoms with E-state index in [9.17, 15) is 9.90 Å². The predicted octanol–water partition coefficient (Wildman–Crippen LogP) is 1.44. The first-order valence-electron chi connectivity index (χ1n) is 5.73. The molecule has 1 aromatic rings. The first-order valence-corrected chi connectivity index (χ1v) is 5.73. The van der Waals surface area contributed by atoms with E-state index in [1.165, 1.54) is 0 Å². The highest BCUT2D eigenvalue weighted by Gasteiger charge is 2.13. The van der Waals surface area contributed by atoms with Gasteiger partial charge in [-0.15, -0.1) is 0 Å². The number of para-hydroxylation sites is 1. The number of hydrogen-bond donors (Lipinski definition) is 1. The normalized spacial score (nSPS) is 11.9. The summed E-state index contributed by atoms with van der Waals surface area (Å²) < 4.78 is 4.78. The van der Waals surface area contributed by atoms with Gasteiger partial charge in [0, 0.05) is 19.3 Å². The first-order chi connectivity index (χ1) is 8.13. The number of nitrogens with zero attached hydrogens (tertiary/aromatic N) is 1. The van der Waals surface area contributed by atoms with Gasteiger partial charge in [0.15, 0.2) is 0 Å². The van der Waals surface area contributed by atoms with Gasteiger partial charge in [-0.3, -0.25) is 4.79 Å². The molecule has 1 rings (SSSR count). The molecular weight excluding hydrogens is 218 g/mol. The summed E-state index contributed by atoms with van der Waals surface area (Å²) in [7, 11) is 1.88. The monoisotopic (exact) mass is 237 g/mol. The molecule has 0 aliphatic carbocycles. The molecule has 0 aliphatic heterocycles. The summed E-state index contributed by atoms with van der Waals surface area (Å²) >= 11 is 0. The zero-order chi connectivity index (χ0) is 12.7. The van der Waals surface area contributed by atoms with Crippen molar-refractivity contribution in [3.8, 4) is 0 Å². The Labute approximate surface area is 102 Å². The fourth-order valence-electron chi connectivity index (χ4n) is 1.58. The molecule has 0 aromatic heterocycles. The third kappa shape index (κ3) is 4.87. The third-order valence-electron chi connectivity index (χ3n) is 2.39. The Hall–Kier alpha value is -1.55. The standard InChI is InChI=1S/C13H19NO3/c1-3-17-13(16)9-12(15)10-14(2)11-7-5-4-6-8-11/h4-8,12,15H,3,9-10H2,1-2H3. The van der Waals surface area contributed by atoms with Crippen LogP contribution >= 0.6 is 0 Å². The topological polar surface area (TPSA) is 49.8 Å². The number of carbonyl (C=O) groups is 1. The van der Waals surface area contributed by atoms with Crippen LogP contribution in [-0.2, 0) is 9.53 Å². The smallest absolute Gasteiger partial charge is 0.308 e. The van der Waals surface area contributed by atoms with E-state index in [1.807, 2.05) is 42.3 Å². The van der Waals surface area contributed by atoms with Crippen LogP contribution in [0.15, 0.2) is 30.3 Å². The summed E-state index contributed by atoms with van der Waals surface area (Å²) in [5, 5.41) is 9.74. The van der Waals surface area contributed by atoms with Gasteiger partial charge in [0.2, 0.25) is 0 Å². The van der Waals surface area contributed by atoms with E-state index in [0.717, 1.165) is 5.69 Å². The Morgan fingerprint density at radius 2 is 2.06 bits per heavy atom. The van der Waals surface area contributed by atoms with Crippen LogP contribution in [0.2, 0.25) is 0 Å². The number of aliphatic hydroxyl groups excluding tert-OH is 1. The summed E-state index contributed by atoms with van der Waals surface area (Å²) in [6.45, 7) is 2.50. The molecule has 94 valence electrons. The maximum atomic E-state index is 11.2. The van der Waals surface area contributed by atoms with E-state index in [2.05, 4.69) is 0 Å². The van der Waals surface area contributed by atoms with Crippen molar-refractivity contribution in [2.45, 2.75) is 19.4 Å². The van der Waals surface area contributed by atoms with Gasteiger partial charge >= 0.3 is 5.97 Å². The summed E-state index contributed by atoms with van der Waals surface area (Å²) in [6.07, 6.45) is -0.676. The van der Waals surface area contributed by atoms with Crippen molar-refractivity contribution in [3.63, 3.8) is 0 Å². The van der Waals surface area contributed by atoms with Gasteiger partial charge in [-0.05, 0) is 19.1 Å². The van der Waals surface area contributed by atoms with E-state index in [4.69, 9.17) is 4.74 Å². The molecule has 0 saturated heterocycles. The fourth-order valence-corrected chi connectivity index (χ4v) is 1.58. The zero-order valence-electron chi connectivity index (χ0n) is 10.3. The molecule has 1 aromatic carbocycles. The molecule has 17 heavy (non-hydrogen) atoms. The molecule has 0 heterocycles. The van der Waals surface area contributed by atoms with Crippen molar-refractivity contribution in [3.05, 3.63) is 30.3 Å². The van der Waals surface area contributed by atoms with Crippen LogP contribution in [0.4, 0.5) is 5.69 Å². The van der Waals surface area contributed by atoms with Crippen molar-refractivity contribution < 1.29 is 14.6 Å². The molecular formula is C13H19NO3. The average molecular weight is 237 g/mol. The Kier molecular flexibility index (Phi) is 5.49. The van der Waals surface area contributed by atoms with Gasteiger partial charge in [0.1, 0.15) is 0 Å². The number of ether oxygens (including phenoxy) is 1. The van der Waals surface area contributed by atoms with E-state index in [1.54, 1.807) is 6.92 Å². The quantitative estimate of drug-likeness (QED) is 0.761. The highest BCUT2D eigenvalue weighted by molar-refractivity contribution is 5.70. The van der Waals surface area contributed by atoms with Crippen LogP contribution in [-0.4, -0.2) is 37.4 Å². The molecule has 0 saturated carbocycles. The van der Waals surface area contributed by atoms with Crippen molar-refractivity contribution >= 4 is 11.7 Å². The molecule has 1 unspecified atom stereocenters. The molecule has 1 N–H and O–H groups in total. The minimum Gasteiger partial charge on any atom is -0.466 e. The number of hydrogen-bond acceptors (Lipinski definition) is 4. The number of aliphatic hydroxyl groups is 1. The molecule has 0 fully saturated rings. The highest BCUT2D eigenvalue weighted by Crippen LogP contribution is 2.11. The lowest BCUT2D eigenvalue weighted by molar-refractivity contribution is -0.145. The first kappa shape index (κ1) is 13.5.